The van der Waals surface area contributed by atoms with Gasteiger partial charge in [0.05, 0.1) is 24.4 Å². The first-order chi connectivity index (χ1) is 10.8. The highest BCUT2D eigenvalue weighted by Gasteiger charge is 2.36. The van der Waals surface area contributed by atoms with Gasteiger partial charge in [0.25, 0.3) is 0 Å². The molecule has 1 fully saturated rings. The third kappa shape index (κ3) is 4.68. The first kappa shape index (κ1) is 18.2. The van der Waals surface area contributed by atoms with E-state index in [-0.39, 0.29) is 17.3 Å². The van der Waals surface area contributed by atoms with Gasteiger partial charge in [-0.25, -0.2) is 16.8 Å². The van der Waals surface area contributed by atoms with E-state index in [1.54, 1.807) is 20.1 Å². The maximum atomic E-state index is 12.6. The molecule has 8 heteroatoms. The fourth-order valence-corrected chi connectivity index (χ4v) is 6.46. The number of sulfonamides is 1. The highest BCUT2D eigenvalue weighted by Crippen LogP contribution is 2.21. The Balaban J connectivity index is 2.07. The Hall–Kier alpha value is -1.12. The molecule has 1 unspecified atom stereocenters. The van der Waals surface area contributed by atoms with Crippen LogP contribution in [-0.4, -0.2) is 58.1 Å². The molecule has 1 aromatic carbocycles. The molecule has 0 aromatic heterocycles. The predicted octanol–water partition coefficient (Wildman–Crippen LogP) is 1.08. The zero-order chi connectivity index (χ0) is 17.1. The predicted molar refractivity (Wildman–Crippen MR) is 89.9 cm³/mol. The molecule has 0 amide bonds. The lowest BCUT2D eigenvalue weighted by Crippen LogP contribution is -2.42. The van der Waals surface area contributed by atoms with Crippen molar-refractivity contribution in [2.75, 3.05) is 30.9 Å². The van der Waals surface area contributed by atoms with Crippen LogP contribution >= 0.6 is 0 Å². The fraction of sp³-hybridized carbons (Fsp3) is 0.600. The highest BCUT2D eigenvalue weighted by atomic mass is 32.2. The third-order valence-corrected chi connectivity index (χ3v) is 7.81. The van der Waals surface area contributed by atoms with Crippen LogP contribution in [0.15, 0.2) is 24.3 Å². The first-order valence-electron chi connectivity index (χ1n) is 7.60. The second kappa shape index (κ2) is 7.19. The number of nitrogens with zero attached hydrogens (tertiary/aromatic N) is 1. The van der Waals surface area contributed by atoms with Gasteiger partial charge in [-0.05, 0) is 30.5 Å². The second-order valence-electron chi connectivity index (χ2n) is 5.68. The molecule has 0 N–H and O–H groups in total. The summed E-state index contributed by atoms with van der Waals surface area (Å²) < 4.78 is 54.9. The van der Waals surface area contributed by atoms with Gasteiger partial charge >= 0.3 is 0 Å². The average molecular weight is 361 g/mol. The van der Waals surface area contributed by atoms with E-state index in [4.69, 9.17) is 4.74 Å². The topological polar surface area (TPSA) is 80.8 Å². The van der Waals surface area contributed by atoms with Gasteiger partial charge < -0.3 is 4.74 Å². The SMILES string of the molecule is CCN(C1CCS(=O)(=O)C1)S(=O)(=O)CCc1cccc(OC)c1. The largest absolute Gasteiger partial charge is 0.497 e. The lowest BCUT2D eigenvalue weighted by atomic mass is 10.2. The molecular weight excluding hydrogens is 338 g/mol. The van der Waals surface area contributed by atoms with Crippen molar-refractivity contribution in [2.45, 2.75) is 25.8 Å². The standard InChI is InChI=1S/C15H23NO5S2/c1-3-16(14-8-9-22(17,18)12-14)23(19,20)10-7-13-5-4-6-15(11-13)21-2/h4-6,11,14H,3,7-10,12H2,1-2H3. The average Bonchev–Trinajstić information content (AvgIpc) is 2.85. The number of sulfone groups is 1. The minimum Gasteiger partial charge on any atom is -0.497 e. The monoisotopic (exact) mass is 361 g/mol. The van der Waals surface area contributed by atoms with Crippen molar-refractivity contribution in [2.24, 2.45) is 0 Å². The van der Waals surface area contributed by atoms with Crippen LogP contribution in [-0.2, 0) is 26.3 Å². The molecule has 1 saturated heterocycles. The molecule has 6 nitrogen and oxygen atoms in total. The highest BCUT2D eigenvalue weighted by molar-refractivity contribution is 7.92. The minimum atomic E-state index is -3.50. The summed E-state index contributed by atoms with van der Waals surface area (Å²) in [5.74, 6) is 0.651. The van der Waals surface area contributed by atoms with Crippen molar-refractivity contribution in [1.29, 1.82) is 0 Å². The van der Waals surface area contributed by atoms with Crippen LogP contribution in [0.4, 0.5) is 0 Å². The number of rotatable bonds is 7. The molecule has 0 bridgehead atoms. The lowest BCUT2D eigenvalue weighted by molar-refractivity contribution is 0.354. The Labute approximate surface area is 138 Å². The van der Waals surface area contributed by atoms with Crippen molar-refractivity contribution in [1.82, 2.24) is 4.31 Å². The molecule has 1 aliphatic rings. The molecule has 1 atom stereocenters. The van der Waals surface area contributed by atoms with Crippen LogP contribution < -0.4 is 4.74 Å². The summed E-state index contributed by atoms with van der Waals surface area (Å²) in [6.07, 6.45) is 0.754. The van der Waals surface area contributed by atoms with E-state index >= 15 is 0 Å². The normalized spacial score (nSPS) is 20.7. The summed E-state index contributed by atoms with van der Waals surface area (Å²) in [4.78, 5) is 0. The minimum absolute atomic E-state index is 0.0371. The molecule has 0 aliphatic carbocycles. The molecule has 0 spiro atoms. The number of ether oxygens (including phenoxy) is 1. The maximum Gasteiger partial charge on any atom is 0.214 e. The van der Waals surface area contributed by atoms with Gasteiger partial charge in [0, 0.05) is 12.6 Å². The first-order valence-corrected chi connectivity index (χ1v) is 11.0. The molecule has 0 saturated carbocycles. The van der Waals surface area contributed by atoms with Crippen LogP contribution in [0.1, 0.15) is 18.9 Å². The number of hydrogen-bond acceptors (Lipinski definition) is 5. The molecule has 23 heavy (non-hydrogen) atoms. The van der Waals surface area contributed by atoms with Crippen molar-refractivity contribution in [3.8, 4) is 5.75 Å². The van der Waals surface area contributed by atoms with E-state index in [1.807, 2.05) is 18.2 Å². The third-order valence-electron chi connectivity index (χ3n) is 4.07. The summed E-state index contributed by atoms with van der Waals surface area (Å²) in [5, 5.41) is 0. The number of methoxy groups -OCH3 is 1. The van der Waals surface area contributed by atoms with E-state index in [9.17, 15) is 16.8 Å². The summed E-state index contributed by atoms with van der Waals surface area (Å²) in [7, 11) is -5.04. The summed E-state index contributed by atoms with van der Waals surface area (Å²) in [6, 6.07) is 6.86. The van der Waals surface area contributed by atoms with E-state index in [0.29, 0.717) is 25.1 Å². The molecule has 0 radical (unpaired) electrons. The van der Waals surface area contributed by atoms with Crippen LogP contribution in [0.5, 0.6) is 5.75 Å². The van der Waals surface area contributed by atoms with E-state index in [2.05, 4.69) is 0 Å². The van der Waals surface area contributed by atoms with Crippen LogP contribution in [0.2, 0.25) is 0 Å². The van der Waals surface area contributed by atoms with Crippen molar-refractivity contribution < 1.29 is 21.6 Å². The molecule has 1 heterocycles. The van der Waals surface area contributed by atoms with Crippen LogP contribution in [0, 0.1) is 0 Å². The van der Waals surface area contributed by atoms with Gasteiger partial charge in [-0.2, -0.15) is 4.31 Å². The van der Waals surface area contributed by atoms with E-state index in [0.717, 1.165) is 5.56 Å². The molecule has 130 valence electrons. The zero-order valence-electron chi connectivity index (χ0n) is 13.4. The van der Waals surface area contributed by atoms with E-state index in [1.165, 1.54) is 4.31 Å². The van der Waals surface area contributed by atoms with Crippen molar-refractivity contribution >= 4 is 19.9 Å². The van der Waals surface area contributed by atoms with Crippen molar-refractivity contribution in [3.05, 3.63) is 29.8 Å². The summed E-state index contributed by atoms with van der Waals surface area (Å²) >= 11 is 0. The summed E-state index contributed by atoms with van der Waals surface area (Å²) in [5.41, 5.74) is 0.878. The Morgan fingerprint density at radius 1 is 1.35 bits per heavy atom. The smallest absolute Gasteiger partial charge is 0.214 e. The molecule has 2 rings (SSSR count). The van der Waals surface area contributed by atoms with Gasteiger partial charge in [0.15, 0.2) is 9.84 Å². The van der Waals surface area contributed by atoms with Crippen molar-refractivity contribution in [3.63, 3.8) is 0 Å². The second-order valence-corrected chi connectivity index (χ2v) is 9.95. The van der Waals surface area contributed by atoms with Gasteiger partial charge in [0.1, 0.15) is 5.75 Å². The molecule has 1 aliphatic heterocycles. The Morgan fingerprint density at radius 2 is 2.09 bits per heavy atom. The van der Waals surface area contributed by atoms with Gasteiger partial charge in [0.2, 0.25) is 10.0 Å². The molecule has 1 aromatic rings. The Bertz CT molecular complexity index is 743. The number of hydrogen-bond donors (Lipinski definition) is 0. The van der Waals surface area contributed by atoms with Gasteiger partial charge in [-0.15, -0.1) is 0 Å². The van der Waals surface area contributed by atoms with Gasteiger partial charge in [-0.1, -0.05) is 19.1 Å². The van der Waals surface area contributed by atoms with E-state index < -0.39 is 25.9 Å². The van der Waals surface area contributed by atoms with Crippen LogP contribution in [0.25, 0.3) is 0 Å². The van der Waals surface area contributed by atoms with Gasteiger partial charge in [-0.3, -0.25) is 0 Å². The number of aryl methyl sites for hydroxylation is 1. The number of benzene rings is 1. The van der Waals surface area contributed by atoms with Crippen LogP contribution in [0.3, 0.4) is 0 Å². The quantitative estimate of drug-likeness (QED) is 0.726. The Morgan fingerprint density at radius 3 is 2.65 bits per heavy atom. The fourth-order valence-electron chi connectivity index (χ4n) is 2.88. The molecular formula is C15H23NO5S2. The maximum absolute atomic E-state index is 12.6. The zero-order valence-corrected chi connectivity index (χ0v) is 15.1. The Kier molecular flexibility index (Phi) is 5.70. The lowest BCUT2D eigenvalue weighted by Gasteiger charge is -2.26. The summed E-state index contributed by atoms with van der Waals surface area (Å²) in [6.45, 7) is 2.04.